The van der Waals surface area contributed by atoms with Gasteiger partial charge in [0.2, 0.25) is 0 Å². The minimum atomic E-state index is -4.72. The normalized spacial score (nSPS) is 13.7. The van der Waals surface area contributed by atoms with Crippen molar-refractivity contribution in [2.45, 2.75) is 16.9 Å². The number of carbonyl (C=O) groups excluding carboxylic acids is 1. The lowest BCUT2D eigenvalue weighted by Crippen LogP contribution is -2.17. The van der Waals surface area contributed by atoms with Gasteiger partial charge in [0.1, 0.15) is 17.2 Å². The molecule has 0 saturated heterocycles. The molecule has 0 saturated carbocycles. The van der Waals surface area contributed by atoms with Crippen LogP contribution in [-0.4, -0.2) is 30.6 Å². The molecule has 0 bridgehead atoms. The van der Waals surface area contributed by atoms with Crippen molar-refractivity contribution in [1.82, 2.24) is 14.8 Å². The number of alkyl halides is 3. The van der Waals surface area contributed by atoms with E-state index in [1.54, 1.807) is 17.5 Å². The molecule has 4 aromatic rings. The Labute approximate surface area is 189 Å². The topological polar surface area (TPSA) is 101 Å². The van der Waals surface area contributed by atoms with E-state index in [2.05, 4.69) is 15.4 Å². The van der Waals surface area contributed by atoms with Crippen molar-refractivity contribution in [2.75, 3.05) is 11.1 Å². The Hall–Kier alpha value is -3.32. The monoisotopic (exact) mass is 497 g/mol. The van der Waals surface area contributed by atoms with E-state index in [9.17, 15) is 26.6 Å². The first-order chi connectivity index (χ1) is 15.5. The number of amides is 1. The molecule has 172 valence electrons. The van der Waals surface area contributed by atoms with Crippen molar-refractivity contribution in [2.24, 2.45) is 0 Å². The standard InChI is InChI=1S/C20H15F4N5O2S2/c21-13-10-15-12(11-29(28-15)6-8-33(25,31)18-5-2-7-32-18)9-16(13)27-19(30)14-3-1-4-17(26-14)20(22,23)24/h1-5,7,9-11,25H,6,8H2,(H,27,30). The number of aryl methyl sites for hydroxylation is 1. The van der Waals surface area contributed by atoms with Crippen LogP contribution < -0.4 is 5.32 Å². The van der Waals surface area contributed by atoms with Gasteiger partial charge in [-0.15, -0.1) is 11.3 Å². The Morgan fingerprint density at radius 1 is 1.21 bits per heavy atom. The number of hydrogen-bond donors (Lipinski definition) is 2. The quantitative estimate of drug-likeness (QED) is 0.366. The van der Waals surface area contributed by atoms with Gasteiger partial charge in [-0.3, -0.25) is 9.48 Å². The van der Waals surface area contributed by atoms with E-state index in [4.69, 9.17) is 4.78 Å². The van der Waals surface area contributed by atoms with Crippen LogP contribution in [0, 0.1) is 10.6 Å². The van der Waals surface area contributed by atoms with Crippen LogP contribution in [-0.2, 0) is 22.5 Å². The SMILES string of the molecule is N=S(=O)(CCn1cc2cc(NC(=O)c3cccc(C(F)(F)F)n3)c(F)cc2n1)c1cccs1. The molecule has 4 rings (SSSR count). The summed E-state index contributed by atoms with van der Waals surface area (Å²) in [6.45, 7) is 0.145. The summed E-state index contributed by atoms with van der Waals surface area (Å²) in [5, 5.41) is 8.60. The molecular weight excluding hydrogens is 482 g/mol. The van der Waals surface area contributed by atoms with Crippen LogP contribution in [0.25, 0.3) is 10.9 Å². The highest BCUT2D eigenvalue weighted by atomic mass is 32.2. The van der Waals surface area contributed by atoms with Gasteiger partial charge in [-0.05, 0) is 29.6 Å². The van der Waals surface area contributed by atoms with Crippen LogP contribution >= 0.6 is 11.3 Å². The highest BCUT2D eigenvalue weighted by Crippen LogP contribution is 2.28. The molecule has 2 N–H and O–H groups in total. The number of anilines is 1. The summed E-state index contributed by atoms with van der Waals surface area (Å²) in [7, 11) is -2.99. The molecular formula is C20H15F4N5O2S2. The molecule has 0 spiro atoms. The maximum atomic E-state index is 14.5. The Bertz CT molecular complexity index is 1430. The summed E-state index contributed by atoms with van der Waals surface area (Å²) in [5.74, 6) is -1.83. The highest BCUT2D eigenvalue weighted by molar-refractivity contribution is 7.94. The van der Waals surface area contributed by atoms with E-state index >= 15 is 0 Å². The molecule has 0 radical (unpaired) electrons. The zero-order valence-electron chi connectivity index (χ0n) is 16.6. The van der Waals surface area contributed by atoms with Crippen LogP contribution in [0.15, 0.2) is 58.3 Å². The van der Waals surface area contributed by atoms with Gasteiger partial charge < -0.3 is 5.32 Å². The van der Waals surface area contributed by atoms with Gasteiger partial charge in [0.15, 0.2) is 0 Å². The van der Waals surface area contributed by atoms with Crippen LogP contribution in [0.5, 0.6) is 0 Å². The number of nitrogens with one attached hydrogen (secondary N) is 2. The largest absolute Gasteiger partial charge is 0.433 e. The summed E-state index contributed by atoms with van der Waals surface area (Å²) >= 11 is 1.23. The number of hydrogen-bond acceptors (Lipinski definition) is 6. The van der Waals surface area contributed by atoms with Gasteiger partial charge in [0.05, 0.1) is 37.4 Å². The Morgan fingerprint density at radius 2 is 2.00 bits per heavy atom. The summed E-state index contributed by atoms with van der Waals surface area (Å²) in [6, 6.07) is 8.55. The summed E-state index contributed by atoms with van der Waals surface area (Å²) < 4.78 is 75.4. The lowest BCUT2D eigenvalue weighted by molar-refractivity contribution is -0.141. The molecule has 0 aliphatic rings. The lowest BCUT2D eigenvalue weighted by atomic mass is 10.2. The van der Waals surface area contributed by atoms with Crippen molar-refractivity contribution < 1.29 is 26.6 Å². The third-order valence-corrected chi connectivity index (χ3v) is 7.89. The van der Waals surface area contributed by atoms with Crippen LogP contribution in [0.3, 0.4) is 0 Å². The molecule has 1 aromatic carbocycles. The third-order valence-electron chi connectivity index (χ3n) is 4.59. The fourth-order valence-corrected chi connectivity index (χ4v) is 5.42. The maximum absolute atomic E-state index is 14.5. The molecule has 33 heavy (non-hydrogen) atoms. The first-order valence-corrected chi connectivity index (χ1v) is 12.0. The van der Waals surface area contributed by atoms with E-state index in [-0.39, 0.29) is 23.5 Å². The van der Waals surface area contributed by atoms with Gasteiger partial charge in [-0.1, -0.05) is 12.1 Å². The molecule has 7 nitrogen and oxygen atoms in total. The number of fused-ring (bicyclic) bond motifs is 1. The third kappa shape index (κ3) is 5.03. The van der Waals surface area contributed by atoms with Gasteiger partial charge >= 0.3 is 6.18 Å². The molecule has 1 unspecified atom stereocenters. The van der Waals surface area contributed by atoms with E-state index in [0.29, 0.717) is 9.60 Å². The average Bonchev–Trinajstić information content (AvgIpc) is 3.42. The second kappa shape index (κ2) is 8.56. The van der Waals surface area contributed by atoms with Crippen LogP contribution in [0.1, 0.15) is 16.2 Å². The zero-order chi connectivity index (χ0) is 23.8. The number of benzene rings is 1. The summed E-state index contributed by atoms with van der Waals surface area (Å²) in [4.78, 5) is 15.6. The van der Waals surface area contributed by atoms with Gasteiger partial charge in [-0.25, -0.2) is 18.4 Å². The van der Waals surface area contributed by atoms with E-state index in [0.717, 1.165) is 24.3 Å². The summed E-state index contributed by atoms with van der Waals surface area (Å²) in [5.41, 5.74) is -1.75. The average molecular weight is 497 g/mol. The second-order valence-electron chi connectivity index (χ2n) is 6.95. The minimum absolute atomic E-state index is 0.00872. The number of pyridine rings is 1. The van der Waals surface area contributed by atoms with Crippen molar-refractivity contribution in [3.05, 3.63) is 71.2 Å². The number of rotatable bonds is 6. The van der Waals surface area contributed by atoms with Crippen LogP contribution in [0.4, 0.5) is 23.2 Å². The number of carbonyl (C=O) groups is 1. The molecule has 13 heteroatoms. The highest BCUT2D eigenvalue weighted by Gasteiger charge is 2.33. The fourth-order valence-electron chi connectivity index (χ4n) is 2.99. The van der Waals surface area contributed by atoms with E-state index in [1.807, 2.05) is 0 Å². The van der Waals surface area contributed by atoms with Crippen molar-refractivity contribution in [3.63, 3.8) is 0 Å². The van der Waals surface area contributed by atoms with Crippen molar-refractivity contribution >= 4 is 43.6 Å². The first kappa shape index (κ1) is 22.9. The summed E-state index contributed by atoms with van der Waals surface area (Å²) in [6.07, 6.45) is -3.18. The second-order valence-corrected chi connectivity index (χ2v) is 10.4. The first-order valence-electron chi connectivity index (χ1n) is 9.35. The smallest absolute Gasteiger partial charge is 0.318 e. The molecule has 3 aromatic heterocycles. The molecule has 0 aliphatic carbocycles. The molecule has 1 amide bonds. The number of nitrogens with zero attached hydrogens (tertiary/aromatic N) is 3. The predicted octanol–water partition coefficient (Wildman–Crippen LogP) is 5.01. The Balaban J connectivity index is 1.53. The van der Waals surface area contributed by atoms with Crippen molar-refractivity contribution in [1.29, 1.82) is 4.78 Å². The maximum Gasteiger partial charge on any atom is 0.433 e. The van der Waals surface area contributed by atoms with Gasteiger partial charge in [-0.2, -0.15) is 18.3 Å². The van der Waals surface area contributed by atoms with Crippen molar-refractivity contribution in [3.8, 4) is 0 Å². The number of thiophene rings is 1. The molecule has 0 aliphatic heterocycles. The molecule has 3 heterocycles. The predicted molar refractivity (Wildman–Crippen MR) is 115 cm³/mol. The number of halogens is 4. The molecule has 1 atom stereocenters. The zero-order valence-corrected chi connectivity index (χ0v) is 18.2. The van der Waals surface area contributed by atoms with Crippen LogP contribution in [0.2, 0.25) is 0 Å². The van der Waals surface area contributed by atoms with E-state index < -0.39 is 39.0 Å². The Kier molecular flexibility index (Phi) is 5.93. The lowest BCUT2D eigenvalue weighted by Gasteiger charge is -2.09. The number of aromatic nitrogens is 3. The van der Waals surface area contributed by atoms with E-state index in [1.165, 1.54) is 28.3 Å². The Morgan fingerprint density at radius 3 is 2.70 bits per heavy atom. The van der Waals surface area contributed by atoms with Gasteiger partial charge in [0, 0.05) is 17.6 Å². The minimum Gasteiger partial charge on any atom is -0.318 e. The fraction of sp³-hybridized carbons (Fsp3) is 0.150. The van der Waals surface area contributed by atoms with Gasteiger partial charge in [0.25, 0.3) is 5.91 Å². The molecule has 0 fully saturated rings.